The zero-order valence-corrected chi connectivity index (χ0v) is 12.4. The van der Waals surface area contributed by atoms with Crippen LogP contribution < -0.4 is 10.1 Å². The zero-order valence-electron chi connectivity index (χ0n) is 11.6. The third-order valence-electron chi connectivity index (χ3n) is 3.28. The number of hydrogen-bond donors (Lipinski definition) is 1. The molecule has 2 aromatic rings. The Hall–Kier alpha value is -1.63. The molecule has 1 fully saturated rings. The highest BCUT2D eigenvalue weighted by molar-refractivity contribution is 6.30. The molecule has 0 saturated carbocycles. The molecule has 1 atom stereocenters. The topological polar surface area (TPSA) is 69.4 Å². The van der Waals surface area contributed by atoms with Crippen molar-refractivity contribution in [2.45, 2.75) is 12.5 Å². The molecule has 1 aliphatic heterocycles. The van der Waals surface area contributed by atoms with Crippen LogP contribution >= 0.6 is 11.6 Å². The minimum Gasteiger partial charge on any atom is -0.496 e. The van der Waals surface area contributed by atoms with Crippen LogP contribution in [-0.4, -0.2) is 43.1 Å². The molecule has 1 aromatic heterocycles. The number of methoxy groups -OCH3 is 1. The molecule has 21 heavy (non-hydrogen) atoms. The fourth-order valence-corrected chi connectivity index (χ4v) is 2.40. The second-order valence-electron chi connectivity index (χ2n) is 4.76. The van der Waals surface area contributed by atoms with E-state index in [2.05, 4.69) is 15.5 Å². The average molecular weight is 310 g/mol. The van der Waals surface area contributed by atoms with E-state index >= 15 is 0 Å². The molecule has 0 spiro atoms. The van der Waals surface area contributed by atoms with Crippen LogP contribution in [0.5, 0.6) is 5.75 Å². The number of hydrogen-bond acceptors (Lipinski definition) is 6. The molecule has 1 aliphatic rings. The van der Waals surface area contributed by atoms with Gasteiger partial charge in [0.1, 0.15) is 5.75 Å². The summed E-state index contributed by atoms with van der Waals surface area (Å²) < 4.78 is 16.2. The number of halogens is 1. The summed E-state index contributed by atoms with van der Waals surface area (Å²) in [6.45, 7) is 2.38. The van der Waals surface area contributed by atoms with Gasteiger partial charge in [0.05, 0.1) is 31.8 Å². The Balaban J connectivity index is 1.78. The minimum atomic E-state index is 0.0687. The number of morpholine rings is 1. The van der Waals surface area contributed by atoms with Gasteiger partial charge < -0.3 is 19.3 Å². The monoisotopic (exact) mass is 309 g/mol. The molecule has 0 amide bonds. The molecule has 3 rings (SSSR count). The Kier molecular flexibility index (Phi) is 4.38. The molecule has 1 saturated heterocycles. The Morgan fingerprint density at radius 1 is 1.48 bits per heavy atom. The van der Waals surface area contributed by atoms with Crippen LogP contribution in [0.2, 0.25) is 5.02 Å². The van der Waals surface area contributed by atoms with Gasteiger partial charge in [-0.15, -0.1) is 0 Å². The quantitative estimate of drug-likeness (QED) is 0.930. The van der Waals surface area contributed by atoms with Crippen molar-refractivity contribution in [1.29, 1.82) is 0 Å². The maximum atomic E-state index is 5.95. The van der Waals surface area contributed by atoms with Crippen LogP contribution in [-0.2, 0) is 11.2 Å². The van der Waals surface area contributed by atoms with E-state index < -0.39 is 0 Å². The van der Waals surface area contributed by atoms with Gasteiger partial charge in [0, 0.05) is 18.1 Å². The Morgan fingerprint density at radius 2 is 2.38 bits per heavy atom. The van der Waals surface area contributed by atoms with Crippen molar-refractivity contribution in [2.24, 2.45) is 0 Å². The number of benzene rings is 1. The fourth-order valence-electron chi connectivity index (χ4n) is 2.24. The van der Waals surface area contributed by atoms with Crippen molar-refractivity contribution >= 4 is 11.6 Å². The molecular formula is C14H16ClN3O3. The first-order valence-corrected chi connectivity index (χ1v) is 7.13. The van der Waals surface area contributed by atoms with E-state index in [1.54, 1.807) is 19.2 Å². The van der Waals surface area contributed by atoms with Gasteiger partial charge in [0.25, 0.3) is 0 Å². The lowest BCUT2D eigenvalue weighted by molar-refractivity contribution is 0.0246. The van der Waals surface area contributed by atoms with E-state index in [0.29, 0.717) is 35.5 Å². The standard InChI is InChI=1S/C14H16ClN3O3/c1-19-12-6-9(15)2-3-11(12)14-17-13(21-18-14)7-10-8-16-4-5-20-10/h2-3,6,10,16H,4-5,7-8H2,1H3. The second kappa shape index (κ2) is 6.43. The van der Waals surface area contributed by atoms with E-state index in [0.717, 1.165) is 18.7 Å². The summed E-state index contributed by atoms with van der Waals surface area (Å²) in [5.74, 6) is 1.66. The van der Waals surface area contributed by atoms with Crippen LogP contribution in [0.15, 0.2) is 22.7 Å². The van der Waals surface area contributed by atoms with Crippen LogP contribution in [0.25, 0.3) is 11.4 Å². The van der Waals surface area contributed by atoms with Gasteiger partial charge in [-0.25, -0.2) is 0 Å². The molecule has 2 heterocycles. The molecule has 6 nitrogen and oxygen atoms in total. The lowest BCUT2D eigenvalue weighted by atomic mass is 10.2. The first-order valence-electron chi connectivity index (χ1n) is 6.75. The predicted molar refractivity (Wildman–Crippen MR) is 77.6 cm³/mol. The first kappa shape index (κ1) is 14.3. The normalized spacial score (nSPS) is 18.7. The van der Waals surface area contributed by atoms with E-state index in [1.807, 2.05) is 6.07 Å². The van der Waals surface area contributed by atoms with Crippen molar-refractivity contribution in [3.63, 3.8) is 0 Å². The van der Waals surface area contributed by atoms with Gasteiger partial charge in [-0.3, -0.25) is 0 Å². The van der Waals surface area contributed by atoms with Gasteiger partial charge in [-0.1, -0.05) is 16.8 Å². The second-order valence-corrected chi connectivity index (χ2v) is 5.19. The van der Waals surface area contributed by atoms with Crippen molar-refractivity contribution < 1.29 is 14.0 Å². The molecule has 112 valence electrons. The van der Waals surface area contributed by atoms with Gasteiger partial charge in [-0.2, -0.15) is 4.98 Å². The van der Waals surface area contributed by atoms with E-state index in [-0.39, 0.29) is 6.10 Å². The van der Waals surface area contributed by atoms with Gasteiger partial charge in [-0.05, 0) is 18.2 Å². The third kappa shape index (κ3) is 3.34. The van der Waals surface area contributed by atoms with Crippen molar-refractivity contribution in [1.82, 2.24) is 15.5 Å². The molecule has 0 bridgehead atoms. The molecule has 1 N–H and O–H groups in total. The van der Waals surface area contributed by atoms with Gasteiger partial charge in [0.2, 0.25) is 11.7 Å². The third-order valence-corrected chi connectivity index (χ3v) is 3.51. The smallest absolute Gasteiger partial charge is 0.229 e. The molecule has 7 heteroatoms. The summed E-state index contributed by atoms with van der Waals surface area (Å²) in [6, 6.07) is 5.30. The Morgan fingerprint density at radius 3 is 3.14 bits per heavy atom. The molecular weight excluding hydrogens is 294 g/mol. The number of rotatable bonds is 4. The predicted octanol–water partition coefficient (Wildman–Crippen LogP) is 1.93. The van der Waals surface area contributed by atoms with Crippen LogP contribution in [0.3, 0.4) is 0 Å². The fraction of sp³-hybridized carbons (Fsp3) is 0.429. The maximum absolute atomic E-state index is 5.95. The van der Waals surface area contributed by atoms with Crippen molar-refractivity contribution in [3.05, 3.63) is 29.1 Å². The summed E-state index contributed by atoms with van der Waals surface area (Å²) in [7, 11) is 1.58. The van der Waals surface area contributed by atoms with Crippen molar-refractivity contribution in [3.8, 4) is 17.1 Å². The lowest BCUT2D eigenvalue weighted by Gasteiger charge is -2.21. The highest BCUT2D eigenvalue weighted by Gasteiger charge is 2.19. The highest BCUT2D eigenvalue weighted by atomic mass is 35.5. The van der Waals surface area contributed by atoms with E-state index in [1.165, 1.54) is 0 Å². The highest BCUT2D eigenvalue weighted by Crippen LogP contribution is 2.30. The average Bonchev–Trinajstić information content (AvgIpc) is 2.96. The maximum Gasteiger partial charge on any atom is 0.229 e. The number of nitrogens with zero attached hydrogens (tertiary/aromatic N) is 2. The van der Waals surface area contributed by atoms with Crippen LogP contribution in [0.4, 0.5) is 0 Å². The Labute approximate surface area is 127 Å². The van der Waals surface area contributed by atoms with E-state index in [4.69, 9.17) is 25.6 Å². The summed E-state index contributed by atoms with van der Waals surface area (Å²) in [4.78, 5) is 4.40. The van der Waals surface area contributed by atoms with Crippen LogP contribution in [0.1, 0.15) is 5.89 Å². The van der Waals surface area contributed by atoms with Crippen LogP contribution in [0, 0.1) is 0 Å². The number of nitrogens with one attached hydrogen (secondary N) is 1. The first-order chi connectivity index (χ1) is 10.3. The summed E-state index contributed by atoms with van der Waals surface area (Å²) >= 11 is 5.95. The number of aromatic nitrogens is 2. The molecule has 1 unspecified atom stereocenters. The SMILES string of the molecule is COc1cc(Cl)ccc1-c1noc(CC2CNCCO2)n1. The van der Waals surface area contributed by atoms with E-state index in [9.17, 15) is 0 Å². The van der Waals surface area contributed by atoms with Gasteiger partial charge >= 0.3 is 0 Å². The molecule has 0 aliphatic carbocycles. The minimum absolute atomic E-state index is 0.0687. The molecule has 0 radical (unpaired) electrons. The van der Waals surface area contributed by atoms with Gasteiger partial charge in [0.15, 0.2) is 0 Å². The lowest BCUT2D eigenvalue weighted by Crippen LogP contribution is -2.39. The summed E-state index contributed by atoms with van der Waals surface area (Å²) in [5, 5.41) is 7.87. The van der Waals surface area contributed by atoms with Crippen molar-refractivity contribution in [2.75, 3.05) is 26.8 Å². The zero-order chi connectivity index (χ0) is 14.7. The Bertz CT molecular complexity index is 611. The molecule has 1 aromatic carbocycles. The summed E-state index contributed by atoms with van der Waals surface area (Å²) in [6.07, 6.45) is 0.662. The summed E-state index contributed by atoms with van der Waals surface area (Å²) in [5.41, 5.74) is 0.750. The largest absolute Gasteiger partial charge is 0.496 e. The number of ether oxygens (including phenoxy) is 2.